The van der Waals surface area contributed by atoms with Gasteiger partial charge in [0, 0.05) is 11.8 Å². The Hall–Kier alpha value is -1.76. The number of rotatable bonds is 4. The molecule has 1 saturated heterocycles. The number of nitrogens with zero attached hydrogens (tertiary/aromatic N) is 1. The first kappa shape index (κ1) is 13.7. The van der Waals surface area contributed by atoms with Gasteiger partial charge in [0.1, 0.15) is 11.3 Å². The number of nitro groups is 1. The fraction of sp³-hybridized carbons (Fsp3) is 0.417. The van der Waals surface area contributed by atoms with Crippen LogP contribution in [0.1, 0.15) is 23.2 Å². The van der Waals surface area contributed by atoms with Crippen LogP contribution in [0, 0.1) is 10.1 Å². The quantitative estimate of drug-likeness (QED) is 0.651. The Labute approximate surface area is 114 Å². The maximum absolute atomic E-state index is 11.1. The molecule has 1 aromatic carbocycles. The van der Waals surface area contributed by atoms with Crippen LogP contribution in [0.3, 0.4) is 0 Å². The molecule has 19 heavy (non-hydrogen) atoms. The number of aromatic carboxylic acids is 1. The Morgan fingerprint density at radius 2 is 2.32 bits per heavy atom. The SMILES string of the molecule is O=C(O)c1cccc(NC2CCCSC2)c1[N+](=O)[O-]. The molecule has 1 heterocycles. The second-order valence-electron chi connectivity index (χ2n) is 4.32. The average Bonchev–Trinajstić information content (AvgIpc) is 2.39. The Kier molecular flexibility index (Phi) is 4.26. The van der Waals surface area contributed by atoms with Crippen molar-refractivity contribution in [3.8, 4) is 0 Å². The van der Waals surface area contributed by atoms with Gasteiger partial charge in [-0.15, -0.1) is 0 Å². The summed E-state index contributed by atoms with van der Waals surface area (Å²) in [5, 5.41) is 23.2. The van der Waals surface area contributed by atoms with Crippen molar-refractivity contribution < 1.29 is 14.8 Å². The minimum Gasteiger partial charge on any atom is -0.477 e. The van der Waals surface area contributed by atoms with E-state index in [1.165, 1.54) is 12.1 Å². The number of carbonyl (C=O) groups is 1. The molecule has 1 aliphatic heterocycles. The molecule has 1 atom stereocenters. The normalized spacial score (nSPS) is 18.8. The summed E-state index contributed by atoms with van der Waals surface area (Å²) in [6, 6.07) is 4.49. The summed E-state index contributed by atoms with van der Waals surface area (Å²) in [6.45, 7) is 0. The highest BCUT2D eigenvalue weighted by molar-refractivity contribution is 7.99. The predicted octanol–water partition coefficient (Wildman–Crippen LogP) is 2.60. The summed E-state index contributed by atoms with van der Waals surface area (Å²) in [4.78, 5) is 21.5. The first-order chi connectivity index (χ1) is 9.09. The Morgan fingerprint density at radius 3 is 2.89 bits per heavy atom. The second kappa shape index (κ2) is 5.92. The van der Waals surface area contributed by atoms with Crippen molar-refractivity contribution in [1.82, 2.24) is 0 Å². The molecule has 2 rings (SSSR count). The highest BCUT2D eigenvalue weighted by atomic mass is 32.2. The number of carboxylic acids is 1. The second-order valence-corrected chi connectivity index (χ2v) is 5.47. The van der Waals surface area contributed by atoms with Gasteiger partial charge >= 0.3 is 11.7 Å². The summed E-state index contributed by atoms with van der Waals surface area (Å²) >= 11 is 1.80. The zero-order valence-electron chi connectivity index (χ0n) is 10.2. The monoisotopic (exact) mass is 282 g/mol. The van der Waals surface area contributed by atoms with E-state index in [0.29, 0.717) is 0 Å². The molecule has 0 aromatic heterocycles. The maximum Gasteiger partial charge on any atom is 0.342 e. The maximum atomic E-state index is 11.1. The van der Waals surface area contributed by atoms with E-state index in [1.54, 1.807) is 17.8 Å². The van der Waals surface area contributed by atoms with E-state index in [2.05, 4.69) is 5.32 Å². The summed E-state index contributed by atoms with van der Waals surface area (Å²) < 4.78 is 0. The zero-order chi connectivity index (χ0) is 13.8. The molecule has 0 aliphatic carbocycles. The Balaban J connectivity index is 2.30. The minimum absolute atomic E-state index is 0.154. The summed E-state index contributed by atoms with van der Waals surface area (Å²) in [6.07, 6.45) is 2.01. The number of carboxylic acid groups (broad SMARTS) is 1. The van der Waals surface area contributed by atoms with E-state index in [1.807, 2.05) is 0 Å². The van der Waals surface area contributed by atoms with Gasteiger partial charge in [0.2, 0.25) is 0 Å². The third-order valence-corrected chi connectivity index (χ3v) is 4.18. The van der Waals surface area contributed by atoms with E-state index in [4.69, 9.17) is 5.11 Å². The molecule has 2 N–H and O–H groups in total. The largest absolute Gasteiger partial charge is 0.477 e. The summed E-state index contributed by atoms with van der Waals surface area (Å²) in [7, 11) is 0. The van der Waals surface area contributed by atoms with Gasteiger partial charge in [0.05, 0.1) is 4.92 Å². The van der Waals surface area contributed by atoms with Crippen LogP contribution in [0.2, 0.25) is 0 Å². The van der Waals surface area contributed by atoms with Crippen molar-refractivity contribution in [2.24, 2.45) is 0 Å². The van der Waals surface area contributed by atoms with Crippen LogP contribution in [0.5, 0.6) is 0 Å². The molecule has 7 heteroatoms. The van der Waals surface area contributed by atoms with Crippen molar-refractivity contribution in [1.29, 1.82) is 0 Å². The van der Waals surface area contributed by atoms with Gasteiger partial charge in [0.15, 0.2) is 0 Å². The standard InChI is InChI=1S/C12H14N2O4S/c15-12(16)9-4-1-5-10(11(9)14(17)18)13-8-3-2-6-19-7-8/h1,4-5,8,13H,2-3,6-7H2,(H,15,16). The molecular weight excluding hydrogens is 268 g/mol. The van der Waals surface area contributed by atoms with Crippen molar-refractivity contribution >= 4 is 29.1 Å². The predicted molar refractivity (Wildman–Crippen MR) is 74.0 cm³/mol. The molecular formula is C12H14N2O4S. The number of nitrogens with one attached hydrogen (secondary N) is 1. The van der Waals surface area contributed by atoms with Crippen LogP contribution in [0.4, 0.5) is 11.4 Å². The van der Waals surface area contributed by atoms with E-state index < -0.39 is 10.9 Å². The summed E-state index contributed by atoms with van der Waals surface area (Å²) in [5.74, 6) is 0.706. The molecule has 0 spiro atoms. The number of para-hydroxylation sites is 1. The molecule has 1 fully saturated rings. The highest BCUT2D eigenvalue weighted by Gasteiger charge is 2.25. The lowest BCUT2D eigenvalue weighted by molar-refractivity contribution is -0.384. The van der Waals surface area contributed by atoms with Crippen LogP contribution in [0.15, 0.2) is 18.2 Å². The minimum atomic E-state index is -1.28. The lowest BCUT2D eigenvalue weighted by atomic mass is 10.1. The van der Waals surface area contributed by atoms with Gasteiger partial charge in [-0.05, 0) is 30.7 Å². The van der Waals surface area contributed by atoms with Crippen LogP contribution >= 0.6 is 11.8 Å². The van der Waals surface area contributed by atoms with Gasteiger partial charge < -0.3 is 10.4 Å². The number of hydrogen-bond acceptors (Lipinski definition) is 5. The van der Waals surface area contributed by atoms with Crippen LogP contribution < -0.4 is 5.32 Å². The van der Waals surface area contributed by atoms with E-state index in [0.717, 1.165) is 24.3 Å². The Morgan fingerprint density at radius 1 is 1.53 bits per heavy atom. The van der Waals surface area contributed by atoms with Gasteiger partial charge in [-0.2, -0.15) is 11.8 Å². The van der Waals surface area contributed by atoms with Crippen LogP contribution in [0.25, 0.3) is 0 Å². The number of anilines is 1. The van der Waals surface area contributed by atoms with E-state index >= 15 is 0 Å². The molecule has 1 unspecified atom stereocenters. The average molecular weight is 282 g/mol. The molecule has 0 bridgehead atoms. The molecule has 1 aromatic rings. The van der Waals surface area contributed by atoms with Gasteiger partial charge in [-0.3, -0.25) is 10.1 Å². The van der Waals surface area contributed by atoms with E-state index in [-0.39, 0.29) is 23.0 Å². The highest BCUT2D eigenvalue weighted by Crippen LogP contribution is 2.31. The first-order valence-corrected chi connectivity index (χ1v) is 7.10. The molecule has 1 aliphatic rings. The molecule has 0 amide bonds. The smallest absolute Gasteiger partial charge is 0.342 e. The van der Waals surface area contributed by atoms with Crippen molar-refractivity contribution in [3.05, 3.63) is 33.9 Å². The lowest BCUT2D eigenvalue weighted by Gasteiger charge is -2.23. The number of thioether (sulfide) groups is 1. The number of nitro benzene ring substituents is 1. The van der Waals surface area contributed by atoms with Gasteiger partial charge in [-0.1, -0.05) is 6.07 Å². The third-order valence-electron chi connectivity index (χ3n) is 2.97. The fourth-order valence-corrected chi connectivity index (χ4v) is 3.18. The fourth-order valence-electron chi connectivity index (χ4n) is 2.10. The lowest BCUT2D eigenvalue weighted by Crippen LogP contribution is -2.26. The number of hydrogen-bond donors (Lipinski definition) is 2. The molecule has 6 nitrogen and oxygen atoms in total. The van der Waals surface area contributed by atoms with Crippen molar-refractivity contribution in [2.75, 3.05) is 16.8 Å². The van der Waals surface area contributed by atoms with Gasteiger partial charge in [-0.25, -0.2) is 4.79 Å². The van der Waals surface area contributed by atoms with Crippen LogP contribution in [-0.2, 0) is 0 Å². The first-order valence-electron chi connectivity index (χ1n) is 5.94. The zero-order valence-corrected chi connectivity index (χ0v) is 11.0. The number of benzene rings is 1. The van der Waals surface area contributed by atoms with Crippen LogP contribution in [-0.4, -0.2) is 33.5 Å². The van der Waals surface area contributed by atoms with Gasteiger partial charge in [0.25, 0.3) is 0 Å². The summed E-state index contributed by atoms with van der Waals surface area (Å²) in [5.41, 5.74) is -0.346. The molecule has 0 saturated carbocycles. The van der Waals surface area contributed by atoms with Crippen molar-refractivity contribution in [2.45, 2.75) is 18.9 Å². The third kappa shape index (κ3) is 3.17. The van der Waals surface area contributed by atoms with E-state index in [9.17, 15) is 14.9 Å². The topological polar surface area (TPSA) is 92.5 Å². The Bertz CT molecular complexity index is 501. The molecule has 0 radical (unpaired) electrons. The van der Waals surface area contributed by atoms with Crippen molar-refractivity contribution in [3.63, 3.8) is 0 Å². The molecule has 102 valence electrons.